The molecule has 2 N–H and O–H groups in total. The fourth-order valence-corrected chi connectivity index (χ4v) is 2.44. The van der Waals surface area contributed by atoms with E-state index >= 15 is 0 Å². The zero-order chi connectivity index (χ0) is 12.3. The van der Waals surface area contributed by atoms with Crippen LogP contribution in [0.4, 0.5) is 10.1 Å². The van der Waals surface area contributed by atoms with E-state index in [0.717, 1.165) is 17.9 Å². The van der Waals surface area contributed by atoms with Crippen molar-refractivity contribution in [2.24, 2.45) is 7.05 Å². The minimum Gasteiger partial charge on any atom is -0.399 e. The minimum atomic E-state index is -0.250. The number of nitrogens with zero attached hydrogens (tertiary/aromatic N) is 2. The van der Waals surface area contributed by atoms with Gasteiger partial charge in [-0.1, -0.05) is 0 Å². The molecule has 90 valence electrons. The molecule has 0 fully saturated rings. The Labute approximate surface area is 104 Å². The molecule has 5 heteroatoms. The molecule has 0 aliphatic heterocycles. The first-order valence-corrected chi connectivity index (χ1v) is 6.30. The average Bonchev–Trinajstić information content (AvgIpc) is 2.68. The number of rotatable bonds is 4. The number of hydrogen-bond acceptors (Lipinski definition) is 3. The third-order valence-electron chi connectivity index (χ3n) is 2.49. The van der Waals surface area contributed by atoms with Crippen molar-refractivity contribution in [3.05, 3.63) is 42.0 Å². The molecule has 2 rings (SSSR count). The summed E-state index contributed by atoms with van der Waals surface area (Å²) in [6.07, 6.45) is 2.63. The fourth-order valence-electron chi connectivity index (χ4n) is 1.55. The van der Waals surface area contributed by atoms with Crippen LogP contribution in [0, 0.1) is 5.82 Å². The van der Waals surface area contributed by atoms with Gasteiger partial charge in [-0.2, -0.15) is 5.10 Å². The number of anilines is 1. The van der Waals surface area contributed by atoms with Gasteiger partial charge >= 0.3 is 0 Å². The van der Waals surface area contributed by atoms with Crippen molar-refractivity contribution >= 4 is 17.4 Å². The molecule has 1 heterocycles. The zero-order valence-electron chi connectivity index (χ0n) is 9.56. The first-order chi connectivity index (χ1) is 8.16. The van der Waals surface area contributed by atoms with E-state index in [1.807, 2.05) is 17.8 Å². The Morgan fingerprint density at radius 2 is 2.24 bits per heavy atom. The van der Waals surface area contributed by atoms with Gasteiger partial charge in [0.1, 0.15) is 5.82 Å². The van der Waals surface area contributed by atoms with Crippen molar-refractivity contribution < 1.29 is 4.39 Å². The molecular weight excluding hydrogens is 237 g/mol. The number of hydrogen-bond donors (Lipinski definition) is 1. The summed E-state index contributed by atoms with van der Waals surface area (Å²) in [6, 6.07) is 6.76. The number of thioether (sulfide) groups is 1. The van der Waals surface area contributed by atoms with Crippen molar-refractivity contribution in [3.8, 4) is 0 Å². The smallest absolute Gasteiger partial charge is 0.138 e. The van der Waals surface area contributed by atoms with Crippen LogP contribution in [0.5, 0.6) is 0 Å². The second kappa shape index (κ2) is 5.23. The van der Waals surface area contributed by atoms with Crippen molar-refractivity contribution in [1.29, 1.82) is 0 Å². The van der Waals surface area contributed by atoms with Crippen molar-refractivity contribution in [2.45, 2.75) is 11.3 Å². The highest BCUT2D eigenvalue weighted by molar-refractivity contribution is 7.99. The molecule has 0 amide bonds. The number of nitrogens with two attached hydrogens (primary N) is 1. The highest BCUT2D eigenvalue weighted by Gasteiger charge is 2.04. The quantitative estimate of drug-likeness (QED) is 0.670. The third kappa shape index (κ3) is 3.00. The molecule has 0 aliphatic rings. The molecule has 0 spiro atoms. The van der Waals surface area contributed by atoms with E-state index in [2.05, 4.69) is 5.10 Å². The summed E-state index contributed by atoms with van der Waals surface area (Å²) < 4.78 is 15.3. The van der Waals surface area contributed by atoms with Crippen LogP contribution >= 0.6 is 11.8 Å². The molecule has 0 saturated carbocycles. The molecule has 3 nitrogen and oxygen atoms in total. The Bertz CT molecular complexity index is 510. The highest BCUT2D eigenvalue weighted by atomic mass is 32.2. The summed E-state index contributed by atoms with van der Waals surface area (Å²) in [5, 5.41) is 4.09. The van der Waals surface area contributed by atoms with Gasteiger partial charge in [-0.25, -0.2) is 4.39 Å². The Kier molecular flexibility index (Phi) is 3.68. The van der Waals surface area contributed by atoms with Gasteiger partial charge in [0, 0.05) is 35.3 Å². The van der Waals surface area contributed by atoms with Gasteiger partial charge in [0.25, 0.3) is 0 Å². The molecule has 0 aliphatic carbocycles. The van der Waals surface area contributed by atoms with Crippen LogP contribution < -0.4 is 5.73 Å². The predicted octanol–water partition coefficient (Wildman–Crippen LogP) is 2.48. The maximum atomic E-state index is 13.5. The second-order valence-corrected chi connectivity index (χ2v) is 4.87. The van der Waals surface area contributed by atoms with Gasteiger partial charge in [0.05, 0.1) is 0 Å². The van der Waals surface area contributed by atoms with Gasteiger partial charge in [0.15, 0.2) is 0 Å². The largest absolute Gasteiger partial charge is 0.399 e. The summed E-state index contributed by atoms with van der Waals surface area (Å²) in [5.74, 6) is 0.570. The first kappa shape index (κ1) is 12.0. The van der Waals surface area contributed by atoms with Crippen molar-refractivity contribution in [1.82, 2.24) is 9.78 Å². The lowest BCUT2D eigenvalue weighted by atomic mass is 10.3. The van der Waals surface area contributed by atoms with Gasteiger partial charge in [-0.3, -0.25) is 4.68 Å². The second-order valence-electron chi connectivity index (χ2n) is 3.73. The molecule has 1 aromatic carbocycles. The molecule has 0 saturated heterocycles. The van der Waals surface area contributed by atoms with Crippen LogP contribution in [-0.4, -0.2) is 15.5 Å². The van der Waals surface area contributed by atoms with Crippen LogP contribution in [0.15, 0.2) is 35.4 Å². The van der Waals surface area contributed by atoms with E-state index in [1.165, 1.54) is 17.8 Å². The van der Waals surface area contributed by atoms with E-state index in [1.54, 1.807) is 18.3 Å². The lowest BCUT2D eigenvalue weighted by Crippen LogP contribution is -1.99. The third-order valence-corrected chi connectivity index (χ3v) is 3.54. The molecule has 17 heavy (non-hydrogen) atoms. The molecule has 0 radical (unpaired) electrons. The van der Waals surface area contributed by atoms with E-state index < -0.39 is 0 Å². The molecule has 2 aromatic rings. The number of nitrogen functional groups attached to an aromatic ring is 1. The zero-order valence-corrected chi connectivity index (χ0v) is 10.4. The minimum absolute atomic E-state index is 0.250. The number of aromatic nitrogens is 2. The Morgan fingerprint density at radius 3 is 2.88 bits per heavy atom. The molecule has 0 unspecified atom stereocenters. The van der Waals surface area contributed by atoms with E-state index in [-0.39, 0.29) is 5.82 Å². The maximum Gasteiger partial charge on any atom is 0.138 e. The highest BCUT2D eigenvalue weighted by Crippen LogP contribution is 2.24. The van der Waals surface area contributed by atoms with Gasteiger partial charge < -0.3 is 5.73 Å². The Hall–Kier alpha value is -1.49. The Morgan fingerprint density at radius 1 is 1.41 bits per heavy atom. The topological polar surface area (TPSA) is 43.8 Å². The summed E-state index contributed by atoms with van der Waals surface area (Å²) in [4.78, 5) is 0.640. The lowest BCUT2D eigenvalue weighted by molar-refractivity contribution is 0.602. The summed E-state index contributed by atoms with van der Waals surface area (Å²) in [7, 11) is 1.91. The monoisotopic (exact) mass is 251 g/mol. The molecule has 0 atom stereocenters. The normalized spacial score (nSPS) is 10.7. The average molecular weight is 251 g/mol. The van der Waals surface area contributed by atoms with Gasteiger partial charge in [-0.05, 0) is 30.7 Å². The SMILES string of the molecule is Cn1nccc1CCSc1ccc(N)cc1F. The van der Waals surface area contributed by atoms with Crippen LogP contribution in [0.3, 0.4) is 0 Å². The van der Waals surface area contributed by atoms with Crippen LogP contribution in [0.1, 0.15) is 5.69 Å². The van der Waals surface area contributed by atoms with Crippen LogP contribution in [0.2, 0.25) is 0 Å². The van der Waals surface area contributed by atoms with E-state index in [0.29, 0.717) is 10.6 Å². The van der Waals surface area contributed by atoms with Crippen molar-refractivity contribution in [3.63, 3.8) is 0 Å². The standard InChI is InChI=1S/C12H14FN3S/c1-16-10(4-6-15-16)5-7-17-12-3-2-9(14)8-11(12)13/h2-4,6,8H,5,7,14H2,1H3. The van der Waals surface area contributed by atoms with Gasteiger partial charge in [-0.15, -0.1) is 11.8 Å². The summed E-state index contributed by atoms with van der Waals surface area (Å²) in [6.45, 7) is 0. The van der Waals surface area contributed by atoms with Crippen molar-refractivity contribution in [2.75, 3.05) is 11.5 Å². The summed E-state index contributed by atoms with van der Waals surface area (Å²) in [5.41, 5.74) is 7.10. The number of halogens is 1. The molecular formula is C12H14FN3S. The summed E-state index contributed by atoms with van der Waals surface area (Å²) >= 11 is 1.49. The Balaban J connectivity index is 1.92. The van der Waals surface area contributed by atoms with E-state index in [4.69, 9.17) is 5.73 Å². The van der Waals surface area contributed by atoms with Gasteiger partial charge in [0.2, 0.25) is 0 Å². The predicted molar refractivity (Wildman–Crippen MR) is 68.4 cm³/mol. The van der Waals surface area contributed by atoms with E-state index in [9.17, 15) is 4.39 Å². The number of aryl methyl sites for hydroxylation is 2. The van der Waals surface area contributed by atoms with Crippen LogP contribution in [-0.2, 0) is 13.5 Å². The lowest BCUT2D eigenvalue weighted by Gasteiger charge is -2.04. The first-order valence-electron chi connectivity index (χ1n) is 5.31. The molecule has 1 aromatic heterocycles. The molecule has 0 bridgehead atoms. The fraction of sp³-hybridized carbons (Fsp3) is 0.250. The number of benzene rings is 1. The maximum absolute atomic E-state index is 13.5. The van der Waals surface area contributed by atoms with Crippen LogP contribution in [0.25, 0.3) is 0 Å².